The van der Waals surface area contributed by atoms with Crippen LogP contribution in [0.3, 0.4) is 0 Å². The molecule has 4 nitrogen and oxygen atoms in total. The molecule has 0 aromatic carbocycles. The van der Waals surface area contributed by atoms with E-state index in [0.29, 0.717) is 19.6 Å². The summed E-state index contributed by atoms with van der Waals surface area (Å²) in [4.78, 5) is 11.1. The highest BCUT2D eigenvalue weighted by atomic mass is 16.5. The minimum Gasteiger partial charge on any atom is -0.466 e. The molecule has 0 aromatic heterocycles. The Bertz CT molecular complexity index is 171. The van der Waals surface area contributed by atoms with Gasteiger partial charge in [0.15, 0.2) is 0 Å². The second kappa shape index (κ2) is 8.68. The van der Waals surface area contributed by atoms with Crippen LogP contribution in [0.2, 0.25) is 0 Å². The first-order valence-corrected chi connectivity index (χ1v) is 5.56. The van der Waals surface area contributed by atoms with E-state index in [4.69, 9.17) is 9.47 Å². The lowest BCUT2D eigenvalue weighted by Gasteiger charge is -2.13. The molecule has 0 heterocycles. The van der Waals surface area contributed by atoms with Crippen LogP contribution in [0.5, 0.6) is 0 Å². The van der Waals surface area contributed by atoms with Crippen LogP contribution in [-0.4, -0.2) is 37.9 Å². The second-order valence-electron chi connectivity index (χ2n) is 3.78. The van der Waals surface area contributed by atoms with E-state index in [2.05, 4.69) is 5.32 Å². The average molecular weight is 217 g/mol. The predicted molar refractivity (Wildman–Crippen MR) is 59.8 cm³/mol. The Morgan fingerprint density at radius 3 is 2.53 bits per heavy atom. The van der Waals surface area contributed by atoms with Gasteiger partial charge in [0.2, 0.25) is 0 Å². The minimum absolute atomic E-state index is 0.139. The van der Waals surface area contributed by atoms with Crippen LogP contribution < -0.4 is 5.32 Å². The molecular weight excluding hydrogens is 194 g/mol. The van der Waals surface area contributed by atoms with Crippen molar-refractivity contribution in [3.8, 4) is 0 Å². The maximum absolute atomic E-state index is 11.1. The highest BCUT2D eigenvalue weighted by Gasteiger charge is 2.08. The summed E-state index contributed by atoms with van der Waals surface area (Å²) in [5.41, 5.74) is 0. The van der Waals surface area contributed by atoms with Gasteiger partial charge in [0, 0.05) is 12.6 Å². The van der Waals surface area contributed by atoms with Gasteiger partial charge in [-0.25, -0.2) is 0 Å². The van der Waals surface area contributed by atoms with Crippen LogP contribution in [0.4, 0.5) is 0 Å². The number of ether oxygens (including phenoxy) is 2. The largest absolute Gasteiger partial charge is 0.466 e. The third kappa shape index (κ3) is 9.69. The first kappa shape index (κ1) is 14.4. The molecule has 0 aliphatic carbocycles. The summed E-state index contributed by atoms with van der Waals surface area (Å²) in [6.45, 7) is 9.66. The molecular formula is C11H23NO3. The van der Waals surface area contributed by atoms with E-state index in [1.54, 1.807) is 0 Å². The Hall–Kier alpha value is -0.610. The Labute approximate surface area is 92.3 Å². The van der Waals surface area contributed by atoms with Gasteiger partial charge in [0.25, 0.3) is 0 Å². The quantitative estimate of drug-likeness (QED) is 0.492. The number of nitrogens with one attached hydrogen (secondary N) is 1. The number of carbonyl (C=O) groups excluding carboxylic acids is 1. The van der Waals surface area contributed by atoms with Crippen LogP contribution in [-0.2, 0) is 14.3 Å². The Balaban J connectivity index is 3.40. The Morgan fingerprint density at radius 2 is 2.00 bits per heavy atom. The zero-order valence-corrected chi connectivity index (χ0v) is 10.2. The molecule has 15 heavy (non-hydrogen) atoms. The van der Waals surface area contributed by atoms with E-state index in [0.717, 1.165) is 6.54 Å². The van der Waals surface area contributed by atoms with E-state index >= 15 is 0 Å². The highest BCUT2D eigenvalue weighted by Crippen LogP contribution is 1.94. The maximum Gasteiger partial charge on any atom is 0.307 e. The zero-order valence-electron chi connectivity index (χ0n) is 10.2. The van der Waals surface area contributed by atoms with E-state index in [9.17, 15) is 4.79 Å². The summed E-state index contributed by atoms with van der Waals surface area (Å²) in [7, 11) is 0. The Kier molecular flexibility index (Phi) is 8.33. The van der Waals surface area contributed by atoms with E-state index in [1.807, 2.05) is 27.7 Å². The number of hydrogen-bond acceptors (Lipinski definition) is 4. The van der Waals surface area contributed by atoms with Crippen LogP contribution >= 0.6 is 0 Å². The van der Waals surface area contributed by atoms with Crippen molar-refractivity contribution >= 4 is 5.97 Å². The van der Waals surface area contributed by atoms with Crippen molar-refractivity contribution in [2.45, 2.75) is 46.3 Å². The summed E-state index contributed by atoms with van der Waals surface area (Å²) in [6.07, 6.45) is 0.669. The standard InChI is InChI=1S/C11H23NO3/c1-5-14-11(13)8-10(4)12-6-7-15-9(2)3/h9-10,12H,5-8H2,1-4H3. The molecule has 0 aliphatic heterocycles. The molecule has 0 saturated heterocycles. The number of esters is 1. The van der Waals surface area contributed by atoms with Gasteiger partial charge in [-0.3, -0.25) is 4.79 Å². The SMILES string of the molecule is CCOC(=O)CC(C)NCCOC(C)C. The number of rotatable bonds is 8. The third-order valence-electron chi connectivity index (χ3n) is 1.82. The van der Waals surface area contributed by atoms with Crippen molar-refractivity contribution in [2.75, 3.05) is 19.8 Å². The van der Waals surface area contributed by atoms with Gasteiger partial charge in [-0.05, 0) is 27.7 Å². The highest BCUT2D eigenvalue weighted by molar-refractivity contribution is 5.69. The molecule has 1 atom stereocenters. The molecule has 0 radical (unpaired) electrons. The van der Waals surface area contributed by atoms with Gasteiger partial charge in [-0.1, -0.05) is 0 Å². The molecule has 0 aromatic rings. The van der Waals surface area contributed by atoms with Gasteiger partial charge >= 0.3 is 5.97 Å². The normalized spacial score (nSPS) is 12.9. The first-order chi connectivity index (χ1) is 7.06. The van der Waals surface area contributed by atoms with Gasteiger partial charge < -0.3 is 14.8 Å². The van der Waals surface area contributed by atoms with E-state index in [-0.39, 0.29) is 18.1 Å². The summed E-state index contributed by atoms with van der Waals surface area (Å²) in [5, 5.41) is 3.20. The van der Waals surface area contributed by atoms with Gasteiger partial charge in [0.1, 0.15) is 0 Å². The molecule has 0 bridgehead atoms. The minimum atomic E-state index is -0.151. The van der Waals surface area contributed by atoms with Crippen LogP contribution in [0, 0.1) is 0 Å². The number of carbonyl (C=O) groups is 1. The van der Waals surface area contributed by atoms with E-state index < -0.39 is 0 Å². The predicted octanol–water partition coefficient (Wildman–Crippen LogP) is 1.34. The summed E-state index contributed by atoms with van der Waals surface area (Å²) >= 11 is 0. The molecule has 4 heteroatoms. The van der Waals surface area contributed by atoms with Crippen molar-refractivity contribution in [3.63, 3.8) is 0 Å². The summed E-state index contributed by atoms with van der Waals surface area (Å²) < 4.78 is 10.2. The molecule has 0 fully saturated rings. The molecule has 0 rings (SSSR count). The fraction of sp³-hybridized carbons (Fsp3) is 0.909. The van der Waals surface area contributed by atoms with Crippen LogP contribution in [0.1, 0.15) is 34.1 Å². The van der Waals surface area contributed by atoms with Crippen molar-refractivity contribution in [1.29, 1.82) is 0 Å². The van der Waals surface area contributed by atoms with Crippen molar-refractivity contribution in [3.05, 3.63) is 0 Å². The van der Waals surface area contributed by atoms with Crippen molar-refractivity contribution < 1.29 is 14.3 Å². The van der Waals surface area contributed by atoms with Crippen molar-refractivity contribution in [1.82, 2.24) is 5.32 Å². The zero-order chi connectivity index (χ0) is 11.7. The smallest absolute Gasteiger partial charge is 0.307 e. The average Bonchev–Trinajstić information content (AvgIpc) is 2.12. The number of hydrogen-bond donors (Lipinski definition) is 1. The molecule has 0 amide bonds. The summed E-state index contributed by atoms with van der Waals surface area (Å²) in [6, 6.07) is 0.139. The molecule has 0 aliphatic rings. The first-order valence-electron chi connectivity index (χ1n) is 5.56. The monoisotopic (exact) mass is 217 g/mol. The lowest BCUT2D eigenvalue weighted by Crippen LogP contribution is -2.32. The van der Waals surface area contributed by atoms with Crippen LogP contribution in [0.25, 0.3) is 0 Å². The van der Waals surface area contributed by atoms with E-state index in [1.165, 1.54) is 0 Å². The van der Waals surface area contributed by atoms with Crippen LogP contribution in [0.15, 0.2) is 0 Å². The Morgan fingerprint density at radius 1 is 1.33 bits per heavy atom. The van der Waals surface area contributed by atoms with Crippen molar-refractivity contribution in [2.24, 2.45) is 0 Å². The fourth-order valence-electron chi connectivity index (χ4n) is 1.14. The molecule has 1 N–H and O–H groups in total. The van der Waals surface area contributed by atoms with Gasteiger partial charge in [0.05, 0.1) is 25.7 Å². The maximum atomic E-state index is 11.1. The molecule has 90 valence electrons. The molecule has 0 spiro atoms. The second-order valence-corrected chi connectivity index (χ2v) is 3.78. The van der Waals surface area contributed by atoms with Gasteiger partial charge in [-0.15, -0.1) is 0 Å². The molecule has 1 unspecified atom stereocenters. The lowest BCUT2D eigenvalue weighted by atomic mass is 10.2. The third-order valence-corrected chi connectivity index (χ3v) is 1.82. The van der Waals surface area contributed by atoms with Gasteiger partial charge in [-0.2, -0.15) is 0 Å². The fourth-order valence-corrected chi connectivity index (χ4v) is 1.14. The lowest BCUT2D eigenvalue weighted by molar-refractivity contribution is -0.143. The molecule has 0 saturated carbocycles. The topological polar surface area (TPSA) is 47.6 Å². The summed E-state index contributed by atoms with van der Waals surface area (Å²) in [5.74, 6) is -0.151.